The molecule has 2 fully saturated rings. The van der Waals surface area contributed by atoms with E-state index in [0.29, 0.717) is 38.5 Å². The molecule has 7 nitrogen and oxygen atoms in total. The molecule has 0 radical (unpaired) electrons. The molecule has 0 saturated carbocycles. The minimum Gasteiger partial charge on any atom is -0.387 e. The third-order valence-electron chi connectivity index (χ3n) is 5.43. The van der Waals surface area contributed by atoms with Gasteiger partial charge in [0.1, 0.15) is 0 Å². The van der Waals surface area contributed by atoms with Crippen molar-refractivity contribution in [3.63, 3.8) is 0 Å². The van der Waals surface area contributed by atoms with Crippen molar-refractivity contribution in [1.82, 2.24) is 19.6 Å². The van der Waals surface area contributed by atoms with Gasteiger partial charge in [-0.05, 0) is 51.3 Å². The highest BCUT2D eigenvalue weighted by molar-refractivity contribution is 5.73. The molecule has 2 saturated heterocycles. The molecule has 1 atom stereocenters. The number of aliphatic hydroxyl groups is 1. The molecule has 0 bridgehead atoms. The van der Waals surface area contributed by atoms with Gasteiger partial charge in [-0.15, -0.1) is 0 Å². The number of carbonyl (C=O) groups is 1. The fraction of sp³-hybridized carbons (Fsp3) is 0.722. The van der Waals surface area contributed by atoms with Gasteiger partial charge in [-0.25, -0.2) is 4.68 Å². The third kappa shape index (κ3) is 4.46. The molecule has 3 rings (SSSR count). The molecule has 1 N–H and O–H groups in total. The lowest BCUT2D eigenvalue weighted by Gasteiger charge is -2.36. The minimum atomic E-state index is -0.784. The van der Waals surface area contributed by atoms with E-state index in [4.69, 9.17) is 0 Å². The highest BCUT2D eigenvalue weighted by Gasteiger charge is 2.39. The molecule has 2 aliphatic rings. The van der Waals surface area contributed by atoms with Crippen LogP contribution in [0.4, 0.5) is 0 Å². The van der Waals surface area contributed by atoms with Crippen molar-refractivity contribution < 1.29 is 9.90 Å². The Hall–Kier alpha value is -1.73. The molecule has 138 valence electrons. The monoisotopic (exact) mass is 348 g/mol. The lowest BCUT2D eigenvalue weighted by molar-refractivity contribution is -0.129. The van der Waals surface area contributed by atoms with Crippen LogP contribution in [0.15, 0.2) is 16.9 Å². The number of aryl methyl sites for hydroxylation is 1. The smallest absolute Gasteiger partial charge is 0.266 e. The molecule has 25 heavy (non-hydrogen) atoms. The van der Waals surface area contributed by atoms with Crippen molar-refractivity contribution in [2.24, 2.45) is 5.92 Å². The Morgan fingerprint density at radius 2 is 2.04 bits per heavy atom. The Balaban J connectivity index is 1.50. The molecule has 3 heterocycles. The van der Waals surface area contributed by atoms with Gasteiger partial charge in [-0.2, -0.15) is 5.10 Å². The van der Waals surface area contributed by atoms with E-state index in [2.05, 4.69) is 10.00 Å². The molecule has 7 heteroatoms. The first-order chi connectivity index (χ1) is 11.8. The van der Waals surface area contributed by atoms with Crippen LogP contribution in [-0.4, -0.2) is 68.9 Å². The number of carbonyl (C=O) groups excluding carboxylic acids is 1. The zero-order chi connectivity index (χ0) is 18.0. The number of β-amino-alcohol motifs (C(OH)–C–C–N with tert-alkyl or cyclic N) is 1. The largest absolute Gasteiger partial charge is 0.387 e. The fourth-order valence-electron chi connectivity index (χ4n) is 3.92. The number of hydrogen-bond donors (Lipinski definition) is 1. The maximum Gasteiger partial charge on any atom is 0.266 e. The Morgan fingerprint density at radius 3 is 2.68 bits per heavy atom. The van der Waals surface area contributed by atoms with Gasteiger partial charge in [0.2, 0.25) is 5.91 Å². The van der Waals surface area contributed by atoms with Crippen molar-refractivity contribution in [2.45, 2.75) is 45.3 Å². The zero-order valence-corrected chi connectivity index (χ0v) is 15.1. The standard InChI is InChI=1S/C18H28N4O3/c1-14-3-4-17(24)22(19-14)11-16-5-8-20(9-6-16)12-18(25)7-10-21(13-18)15(2)23/h3-4,16,25H,5-13H2,1-2H3. The second-order valence-corrected chi connectivity index (χ2v) is 7.63. The molecule has 0 spiro atoms. The van der Waals surface area contributed by atoms with Crippen LogP contribution in [0.1, 0.15) is 31.9 Å². The summed E-state index contributed by atoms with van der Waals surface area (Å²) in [5, 5.41) is 15.1. The van der Waals surface area contributed by atoms with Crippen molar-refractivity contribution in [3.8, 4) is 0 Å². The number of likely N-dealkylation sites (tertiary alicyclic amines) is 2. The SMILES string of the molecule is CC(=O)N1CCC(O)(CN2CCC(Cn3nc(C)ccc3=O)CC2)C1. The topological polar surface area (TPSA) is 78.7 Å². The first-order valence-corrected chi connectivity index (χ1v) is 9.10. The normalized spacial score (nSPS) is 25.5. The lowest BCUT2D eigenvalue weighted by atomic mass is 9.94. The van der Waals surface area contributed by atoms with Crippen LogP contribution in [0.5, 0.6) is 0 Å². The summed E-state index contributed by atoms with van der Waals surface area (Å²) in [7, 11) is 0. The van der Waals surface area contributed by atoms with Crippen LogP contribution in [-0.2, 0) is 11.3 Å². The van der Waals surface area contributed by atoms with E-state index >= 15 is 0 Å². The summed E-state index contributed by atoms with van der Waals surface area (Å²) < 4.78 is 1.57. The van der Waals surface area contributed by atoms with E-state index in [-0.39, 0.29) is 11.5 Å². The Morgan fingerprint density at radius 1 is 1.32 bits per heavy atom. The summed E-state index contributed by atoms with van der Waals surface area (Å²) in [6, 6.07) is 3.32. The molecule has 0 aromatic carbocycles. The van der Waals surface area contributed by atoms with Crippen LogP contribution in [0.3, 0.4) is 0 Å². The van der Waals surface area contributed by atoms with Gasteiger partial charge in [0.25, 0.3) is 5.56 Å². The van der Waals surface area contributed by atoms with E-state index < -0.39 is 5.60 Å². The van der Waals surface area contributed by atoms with Gasteiger partial charge >= 0.3 is 0 Å². The molecule has 1 aromatic rings. The summed E-state index contributed by atoms with van der Waals surface area (Å²) in [6.45, 7) is 7.63. The molecule has 1 unspecified atom stereocenters. The van der Waals surface area contributed by atoms with Gasteiger partial charge < -0.3 is 14.9 Å². The van der Waals surface area contributed by atoms with Gasteiger partial charge in [0.05, 0.1) is 17.8 Å². The predicted molar refractivity (Wildman–Crippen MR) is 94.2 cm³/mol. The van der Waals surface area contributed by atoms with Gasteiger partial charge in [-0.1, -0.05) is 0 Å². The molecule has 0 aliphatic carbocycles. The van der Waals surface area contributed by atoms with E-state index in [0.717, 1.165) is 31.6 Å². The minimum absolute atomic E-state index is 0.0331. The first kappa shape index (κ1) is 18.1. The third-order valence-corrected chi connectivity index (χ3v) is 5.43. The molecular weight excluding hydrogens is 320 g/mol. The second-order valence-electron chi connectivity index (χ2n) is 7.63. The van der Waals surface area contributed by atoms with Crippen LogP contribution in [0, 0.1) is 12.8 Å². The molecule has 1 aromatic heterocycles. The summed E-state index contributed by atoms with van der Waals surface area (Å²) in [5.74, 6) is 0.473. The fourth-order valence-corrected chi connectivity index (χ4v) is 3.92. The Kier molecular flexibility index (Phi) is 5.24. The number of rotatable bonds is 4. The van der Waals surface area contributed by atoms with Gasteiger partial charge in [0.15, 0.2) is 0 Å². The van der Waals surface area contributed by atoms with E-state index in [1.807, 2.05) is 6.92 Å². The van der Waals surface area contributed by atoms with Crippen molar-refractivity contribution in [2.75, 3.05) is 32.7 Å². The Bertz CT molecular complexity index is 681. The summed E-state index contributed by atoms with van der Waals surface area (Å²) in [5.41, 5.74) is 0.0289. The number of aromatic nitrogens is 2. The molecular formula is C18H28N4O3. The number of nitrogens with zero attached hydrogens (tertiary/aromatic N) is 4. The predicted octanol–water partition coefficient (Wildman–Crippen LogP) is 0.247. The maximum atomic E-state index is 11.9. The van der Waals surface area contributed by atoms with Crippen LogP contribution in [0.25, 0.3) is 0 Å². The highest BCUT2D eigenvalue weighted by atomic mass is 16.3. The summed E-state index contributed by atoms with van der Waals surface area (Å²) >= 11 is 0. The number of piperidine rings is 1. The van der Waals surface area contributed by atoms with Crippen LogP contribution in [0.2, 0.25) is 0 Å². The van der Waals surface area contributed by atoms with E-state index in [1.54, 1.807) is 28.6 Å². The van der Waals surface area contributed by atoms with Crippen molar-refractivity contribution in [3.05, 3.63) is 28.2 Å². The van der Waals surface area contributed by atoms with Crippen molar-refractivity contribution >= 4 is 5.91 Å². The molecule has 2 aliphatic heterocycles. The Labute approximate surface area is 148 Å². The second kappa shape index (κ2) is 7.25. The molecule has 1 amide bonds. The summed E-state index contributed by atoms with van der Waals surface area (Å²) in [6.07, 6.45) is 2.64. The van der Waals surface area contributed by atoms with Crippen LogP contribution < -0.4 is 5.56 Å². The summed E-state index contributed by atoms with van der Waals surface area (Å²) in [4.78, 5) is 27.4. The van der Waals surface area contributed by atoms with E-state index in [9.17, 15) is 14.7 Å². The lowest BCUT2D eigenvalue weighted by Crippen LogP contribution is -2.48. The first-order valence-electron chi connectivity index (χ1n) is 9.10. The van der Waals surface area contributed by atoms with E-state index in [1.165, 1.54) is 0 Å². The quantitative estimate of drug-likeness (QED) is 0.844. The highest BCUT2D eigenvalue weighted by Crippen LogP contribution is 2.25. The van der Waals surface area contributed by atoms with Crippen LogP contribution >= 0.6 is 0 Å². The maximum absolute atomic E-state index is 11.9. The average Bonchev–Trinajstić information content (AvgIpc) is 2.95. The van der Waals surface area contributed by atoms with Gasteiger partial charge in [-0.3, -0.25) is 9.59 Å². The number of amides is 1. The van der Waals surface area contributed by atoms with Crippen molar-refractivity contribution in [1.29, 1.82) is 0 Å². The van der Waals surface area contributed by atoms with Gasteiger partial charge in [0, 0.05) is 32.6 Å². The average molecular weight is 348 g/mol. The number of hydrogen-bond acceptors (Lipinski definition) is 5. The zero-order valence-electron chi connectivity index (χ0n) is 15.1.